The molecule has 0 bridgehead atoms. The van der Waals surface area contributed by atoms with Crippen molar-refractivity contribution in [1.82, 2.24) is 24.9 Å². The Balaban J connectivity index is 1.47. The number of likely N-dealkylation sites (tertiary alicyclic amines) is 1. The highest BCUT2D eigenvalue weighted by Gasteiger charge is 2.31. The summed E-state index contributed by atoms with van der Waals surface area (Å²) in [5, 5.41) is 8.44. The fourth-order valence-electron chi connectivity index (χ4n) is 2.94. The molecule has 7 nitrogen and oxygen atoms in total. The number of amides is 1. The topological polar surface area (TPSA) is 83.9 Å². The van der Waals surface area contributed by atoms with Crippen molar-refractivity contribution in [3.8, 4) is 0 Å². The number of hydrogen-bond donors (Lipinski definition) is 1. The highest BCUT2D eigenvalue weighted by atomic mass is 16.2. The van der Waals surface area contributed by atoms with E-state index in [1.54, 1.807) is 11.0 Å². The Morgan fingerprint density at radius 2 is 2.18 bits per heavy atom. The molecule has 1 aliphatic heterocycles. The molecule has 1 saturated heterocycles. The van der Waals surface area contributed by atoms with Crippen LogP contribution in [0.4, 0.5) is 0 Å². The first-order valence-electron chi connectivity index (χ1n) is 7.60. The van der Waals surface area contributed by atoms with Crippen LogP contribution in [0, 0.1) is 0 Å². The number of H-pyrrole nitrogens is 1. The molecule has 2 aliphatic rings. The van der Waals surface area contributed by atoms with Crippen LogP contribution in [0.25, 0.3) is 0 Å². The number of hydrogen-bond acceptors (Lipinski definition) is 4. The van der Waals surface area contributed by atoms with Gasteiger partial charge in [0.05, 0.1) is 11.7 Å². The Labute approximate surface area is 126 Å². The molecular weight excluding hydrogens is 282 g/mol. The van der Waals surface area contributed by atoms with Gasteiger partial charge in [-0.3, -0.25) is 9.59 Å². The third-order valence-electron chi connectivity index (χ3n) is 4.37. The lowest BCUT2D eigenvalue weighted by molar-refractivity contribution is 0.0786. The molecule has 2 aromatic rings. The van der Waals surface area contributed by atoms with Gasteiger partial charge in [0.25, 0.3) is 5.91 Å². The quantitative estimate of drug-likeness (QED) is 0.914. The van der Waals surface area contributed by atoms with Gasteiger partial charge in [0, 0.05) is 43.0 Å². The standard InChI is InChI=1S/C15H17N5O2/c21-14-7-11(3-5-16-14)15(22)19-6-4-12(8-19)20-9-13(17-18-20)10-1-2-10/h3,5,7,9-10,12H,1-2,4,6,8H2,(H,16,21). The van der Waals surface area contributed by atoms with E-state index < -0.39 is 0 Å². The molecule has 4 rings (SSSR count). The molecule has 1 aliphatic carbocycles. The summed E-state index contributed by atoms with van der Waals surface area (Å²) >= 11 is 0. The molecule has 3 heterocycles. The molecule has 1 unspecified atom stereocenters. The van der Waals surface area contributed by atoms with Crippen LogP contribution in [0.1, 0.15) is 47.3 Å². The normalized spacial score (nSPS) is 21.3. The van der Waals surface area contributed by atoms with Crippen molar-refractivity contribution >= 4 is 5.91 Å². The smallest absolute Gasteiger partial charge is 0.254 e. The zero-order valence-electron chi connectivity index (χ0n) is 12.1. The molecule has 22 heavy (non-hydrogen) atoms. The Morgan fingerprint density at radius 3 is 2.95 bits per heavy atom. The average molecular weight is 299 g/mol. The second-order valence-corrected chi connectivity index (χ2v) is 6.03. The van der Waals surface area contributed by atoms with Gasteiger partial charge in [0.15, 0.2) is 0 Å². The SMILES string of the molecule is O=C(c1cc[nH]c(=O)c1)N1CCC(n2cc(C3CC3)nn2)C1. The van der Waals surface area contributed by atoms with Crippen molar-refractivity contribution in [2.45, 2.75) is 31.2 Å². The molecule has 2 fully saturated rings. The zero-order chi connectivity index (χ0) is 15.1. The molecule has 1 atom stereocenters. The number of carbonyl (C=O) groups excluding carboxylic acids is 1. The molecule has 1 saturated carbocycles. The van der Waals surface area contributed by atoms with E-state index in [0.29, 0.717) is 24.6 Å². The molecule has 7 heteroatoms. The van der Waals surface area contributed by atoms with Crippen molar-refractivity contribution in [3.63, 3.8) is 0 Å². The minimum absolute atomic E-state index is 0.101. The molecule has 0 aromatic carbocycles. The van der Waals surface area contributed by atoms with Crippen molar-refractivity contribution < 1.29 is 4.79 Å². The summed E-state index contributed by atoms with van der Waals surface area (Å²) in [5.74, 6) is 0.486. The molecule has 1 amide bonds. The molecular formula is C15H17N5O2. The van der Waals surface area contributed by atoms with Crippen LogP contribution in [-0.2, 0) is 0 Å². The summed E-state index contributed by atoms with van der Waals surface area (Å²) in [6.07, 6.45) is 6.79. The van der Waals surface area contributed by atoms with E-state index in [-0.39, 0.29) is 17.5 Å². The second-order valence-electron chi connectivity index (χ2n) is 6.03. The molecule has 0 spiro atoms. The van der Waals surface area contributed by atoms with Crippen molar-refractivity contribution in [1.29, 1.82) is 0 Å². The minimum atomic E-state index is -0.257. The third kappa shape index (κ3) is 2.43. The van der Waals surface area contributed by atoms with E-state index >= 15 is 0 Å². The van der Waals surface area contributed by atoms with Gasteiger partial charge in [-0.15, -0.1) is 5.10 Å². The first kappa shape index (κ1) is 13.2. The lowest BCUT2D eigenvalue weighted by atomic mass is 10.2. The first-order valence-corrected chi connectivity index (χ1v) is 7.60. The van der Waals surface area contributed by atoms with Crippen LogP contribution < -0.4 is 5.56 Å². The minimum Gasteiger partial charge on any atom is -0.336 e. The number of nitrogens with zero attached hydrogens (tertiary/aromatic N) is 4. The largest absolute Gasteiger partial charge is 0.336 e. The van der Waals surface area contributed by atoms with Crippen LogP contribution in [0.5, 0.6) is 0 Å². The maximum absolute atomic E-state index is 12.4. The number of nitrogens with one attached hydrogen (secondary N) is 1. The predicted octanol–water partition coefficient (Wildman–Crippen LogP) is 0.931. The Morgan fingerprint density at radius 1 is 1.32 bits per heavy atom. The van der Waals surface area contributed by atoms with Crippen LogP contribution in [0.15, 0.2) is 29.3 Å². The van der Waals surface area contributed by atoms with Gasteiger partial charge in [0.2, 0.25) is 5.56 Å². The number of rotatable bonds is 3. The Bertz CT molecular complexity index is 761. The molecule has 114 valence electrons. The number of aromatic nitrogens is 4. The van der Waals surface area contributed by atoms with E-state index in [9.17, 15) is 9.59 Å². The lowest BCUT2D eigenvalue weighted by Gasteiger charge is -2.16. The molecule has 0 radical (unpaired) electrons. The summed E-state index contributed by atoms with van der Waals surface area (Å²) in [4.78, 5) is 28.0. The van der Waals surface area contributed by atoms with E-state index in [4.69, 9.17) is 0 Å². The predicted molar refractivity (Wildman–Crippen MR) is 78.6 cm³/mol. The van der Waals surface area contributed by atoms with Crippen LogP contribution >= 0.6 is 0 Å². The summed E-state index contributed by atoms with van der Waals surface area (Å²) in [5.41, 5.74) is 1.24. The zero-order valence-corrected chi connectivity index (χ0v) is 12.1. The van der Waals surface area contributed by atoms with Crippen LogP contribution in [0.3, 0.4) is 0 Å². The molecule has 1 N–H and O–H groups in total. The summed E-state index contributed by atoms with van der Waals surface area (Å²) in [7, 11) is 0. The Hall–Kier alpha value is -2.44. The van der Waals surface area contributed by atoms with Crippen molar-refractivity contribution in [2.75, 3.05) is 13.1 Å². The third-order valence-corrected chi connectivity index (χ3v) is 4.37. The van der Waals surface area contributed by atoms with Gasteiger partial charge in [-0.25, -0.2) is 4.68 Å². The van der Waals surface area contributed by atoms with E-state index in [1.165, 1.54) is 25.1 Å². The first-order chi connectivity index (χ1) is 10.7. The van der Waals surface area contributed by atoms with Gasteiger partial charge < -0.3 is 9.88 Å². The van der Waals surface area contributed by atoms with E-state index in [0.717, 1.165) is 12.1 Å². The number of carbonyl (C=O) groups is 1. The fourth-order valence-corrected chi connectivity index (χ4v) is 2.94. The second kappa shape index (κ2) is 5.08. The lowest BCUT2D eigenvalue weighted by Crippen LogP contribution is -2.30. The van der Waals surface area contributed by atoms with Gasteiger partial charge in [-0.2, -0.15) is 0 Å². The summed E-state index contributed by atoms with van der Waals surface area (Å²) < 4.78 is 1.89. The maximum atomic E-state index is 12.4. The highest BCUT2D eigenvalue weighted by Crippen LogP contribution is 2.39. The fraction of sp³-hybridized carbons (Fsp3) is 0.467. The number of aromatic amines is 1. The highest BCUT2D eigenvalue weighted by molar-refractivity contribution is 5.94. The van der Waals surface area contributed by atoms with E-state index in [2.05, 4.69) is 15.3 Å². The Kier molecular flexibility index (Phi) is 3.06. The van der Waals surface area contributed by atoms with Gasteiger partial charge in [-0.05, 0) is 25.3 Å². The van der Waals surface area contributed by atoms with Gasteiger partial charge in [-0.1, -0.05) is 5.21 Å². The van der Waals surface area contributed by atoms with Crippen LogP contribution in [0.2, 0.25) is 0 Å². The summed E-state index contributed by atoms with van der Waals surface area (Å²) in [6.45, 7) is 1.29. The summed E-state index contributed by atoms with van der Waals surface area (Å²) in [6, 6.07) is 3.15. The van der Waals surface area contributed by atoms with Gasteiger partial charge in [0.1, 0.15) is 0 Å². The van der Waals surface area contributed by atoms with Crippen LogP contribution in [-0.4, -0.2) is 43.9 Å². The van der Waals surface area contributed by atoms with Gasteiger partial charge >= 0.3 is 0 Å². The maximum Gasteiger partial charge on any atom is 0.254 e. The van der Waals surface area contributed by atoms with Crippen molar-refractivity contribution in [3.05, 3.63) is 46.1 Å². The molecule has 2 aromatic heterocycles. The van der Waals surface area contributed by atoms with E-state index in [1.807, 2.05) is 10.9 Å². The number of pyridine rings is 1. The monoisotopic (exact) mass is 299 g/mol. The average Bonchev–Trinajstić information content (AvgIpc) is 3.06. The van der Waals surface area contributed by atoms with Crippen molar-refractivity contribution in [2.24, 2.45) is 0 Å².